The molecule has 1 aromatic heterocycles. The topological polar surface area (TPSA) is 134 Å². The van der Waals surface area contributed by atoms with E-state index < -0.39 is 34.9 Å². The highest BCUT2D eigenvalue weighted by atomic mass is 35.5. The Bertz CT molecular complexity index is 1180. The fraction of sp³-hybridized carbons (Fsp3) is 0.100. The quantitative estimate of drug-likeness (QED) is 0.297. The van der Waals surface area contributed by atoms with Crippen LogP contribution in [0.4, 0.5) is 0 Å². The number of carbonyl (C=O) groups is 4. The van der Waals surface area contributed by atoms with Gasteiger partial charge in [-0.1, -0.05) is 23.2 Å². The van der Waals surface area contributed by atoms with E-state index in [1.165, 1.54) is 42.5 Å². The standard InChI is InChI=1S/C20H13Cl2NO7/c1-9(24)30-20(18(26)27,19(28)29)15-13-8-12(22)6-7-14(13)23-16(15)17(25)10-2-4-11(21)5-3-10/h2-8,23H,1H3,(H,26,27)(H,28,29). The van der Waals surface area contributed by atoms with Crippen molar-refractivity contribution >= 4 is 57.8 Å². The molecule has 10 heteroatoms. The van der Waals surface area contributed by atoms with Crippen molar-refractivity contribution in [2.45, 2.75) is 12.5 Å². The third-order valence-electron chi connectivity index (χ3n) is 4.35. The third-order valence-corrected chi connectivity index (χ3v) is 4.83. The minimum absolute atomic E-state index is 0.00543. The molecule has 0 radical (unpaired) electrons. The van der Waals surface area contributed by atoms with Gasteiger partial charge in [-0.15, -0.1) is 0 Å². The monoisotopic (exact) mass is 449 g/mol. The second-order valence-corrected chi connectivity index (χ2v) is 7.16. The van der Waals surface area contributed by atoms with E-state index in [2.05, 4.69) is 4.98 Å². The molecule has 0 atom stereocenters. The van der Waals surface area contributed by atoms with E-state index in [4.69, 9.17) is 27.9 Å². The maximum Gasteiger partial charge on any atom is 0.365 e. The van der Waals surface area contributed by atoms with Crippen molar-refractivity contribution < 1.29 is 34.1 Å². The lowest BCUT2D eigenvalue weighted by molar-refractivity contribution is -0.191. The number of halogens is 2. The van der Waals surface area contributed by atoms with Gasteiger partial charge in [0.05, 0.1) is 11.3 Å². The minimum Gasteiger partial charge on any atom is -0.478 e. The van der Waals surface area contributed by atoms with E-state index in [0.717, 1.165) is 6.92 Å². The zero-order valence-corrected chi connectivity index (χ0v) is 16.7. The van der Waals surface area contributed by atoms with Gasteiger partial charge < -0.3 is 19.9 Å². The highest BCUT2D eigenvalue weighted by molar-refractivity contribution is 6.32. The Hall–Kier alpha value is -3.36. The molecule has 8 nitrogen and oxygen atoms in total. The smallest absolute Gasteiger partial charge is 0.365 e. The average molecular weight is 450 g/mol. The van der Waals surface area contributed by atoms with Gasteiger partial charge in [-0.25, -0.2) is 9.59 Å². The highest BCUT2D eigenvalue weighted by Gasteiger charge is 2.56. The average Bonchev–Trinajstić information content (AvgIpc) is 3.04. The van der Waals surface area contributed by atoms with Crippen molar-refractivity contribution in [2.24, 2.45) is 0 Å². The first-order valence-corrected chi connectivity index (χ1v) is 9.12. The van der Waals surface area contributed by atoms with Crippen LogP contribution in [0.15, 0.2) is 42.5 Å². The lowest BCUT2D eigenvalue weighted by atomic mass is 9.88. The summed E-state index contributed by atoms with van der Waals surface area (Å²) in [5.41, 5.74) is -3.78. The first-order valence-electron chi connectivity index (χ1n) is 8.36. The first-order chi connectivity index (χ1) is 14.1. The Kier molecular flexibility index (Phi) is 5.56. The van der Waals surface area contributed by atoms with E-state index in [1.807, 2.05) is 0 Å². The van der Waals surface area contributed by atoms with Gasteiger partial charge in [0.2, 0.25) is 5.78 Å². The molecule has 1 heterocycles. The lowest BCUT2D eigenvalue weighted by Crippen LogP contribution is -2.48. The van der Waals surface area contributed by atoms with Crippen molar-refractivity contribution in [1.82, 2.24) is 4.98 Å². The Morgan fingerprint density at radius 2 is 1.50 bits per heavy atom. The minimum atomic E-state index is -3.19. The van der Waals surface area contributed by atoms with E-state index in [9.17, 15) is 29.4 Å². The van der Waals surface area contributed by atoms with Gasteiger partial charge in [0, 0.05) is 33.4 Å². The number of nitrogens with one attached hydrogen (secondary N) is 1. The molecule has 0 saturated carbocycles. The zero-order chi connectivity index (χ0) is 22.2. The highest BCUT2D eigenvalue weighted by Crippen LogP contribution is 2.38. The van der Waals surface area contributed by atoms with Crippen molar-refractivity contribution in [3.05, 3.63) is 69.3 Å². The molecule has 3 rings (SSSR count). The van der Waals surface area contributed by atoms with Crippen molar-refractivity contribution in [2.75, 3.05) is 0 Å². The maximum atomic E-state index is 13.2. The van der Waals surface area contributed by atoms with Crippen LogP contribution in [0.3, 0.4) is 0 Å². The number of ether oxygens (including phenoxy) is 1. The summed E-state index contributed by atoms with van der Waals surface area (Å²) in [5, 5.41) is 20.2. The largest absolute Gasteiger partial charge is 0.478 e. The van der Waals surface area contributed by atoms with Crippen molar-refractivity contribution in [3.63, 3.8) is 0 Å². The predicted molar refractivity (Wildman–Crippen MR) is 107 cm³/mol. The van der Waals surface area contributed by atoms with Gasteiger partial charge in [0.15, 0.2) is 0 Å². The van der Waals surface area contributed by atoms with Crippen LogP contribution in [0.5, 0.6) is 0 Å². The predicted octanol–water partition coefficient (Wildman–Crippen LogP) is 3.63. The molecule has 0 unspecified atom stereocenters. The van der Waals surface area contributed by atoms with Crippen LogP contribution in [0.2, 0.25) is 10.0 Å². The number of carbonyl (C=O) groups excluding carboxylic acids is 2. The Balaban J connectivity index is 2.42. The molecule has 0 aliphatic heterocycles. The number of carboxylic acid groups (broad SMARTS) is 2. The number of fused-ring (bicyclic) bond motifs is 1. The fourth-order valence-electron chi connectivity index (χ4n) is 3.11. The van der Waals surface area contributed by atoms with Gasteiger partial charge in [-0.3, -0.25) is 9.59 Å². The maximum absolute atomic E-state index is 13.2. The van der Waals surface area contributed by atoms with Crippen LogP contribution < -0.4 is 0 Å². The number of hydrogen-bond donors (Lipinski definition) is 3. The van der Waals surface area contributed by atoms with Crippen LogP contribution in [-0.4, -0.2) is 38.9 Å². The summed E-state index contributed by atoms with van der Waals surface area (Å²) in [4.78, 5) is 51.9. The van der Waals surface area contributed by atoms with E-state index >= 15 is 0 Å². The van der Waals surface area contributed by atoms with Gasteiger partial charge in [0.1, 0.15) is 0 Å². The number of ketones is 1. The number of aromatic amines is 1. The van der Waals surface area contributed by atoms with E-state index in [1.54, 1.807) is 0 Å². The Morgan fingerprint density at radius 1 is 0.933 bits per heavy atom. The number of H-pyrrole nitrogens is 1. The first kappa shape index (κ1) is 21.4. The molecule has 0 aliphatic rings. The molecule has 2 aromatic carbocycles. The second kappa shape index (κ2) is 7.81. The number of esters is 1. The molecule has 0 aliphatic carbocycles. The van der Waals surface area contributed by atoms with Gasteiger partial charge >= 0.3 is 23.5 Å². The summed E-state index contributed by atoms with van der Waals surface area (Å²) < 4.78 is 4.82. The molecule has 30 heavy (non-hydrogen) atoms. The van der Waals surface area contributed by atoms with Crippen LogP contribution in [-0.2, 0) is 24.7 Å². The van der Waals surface area contributed by atoms with Crippen LogP contribution in [0.25, 0.3) is 10.9 Å². The summed E-state index contributed by atoms with van der Waals surface area (Å²) in [6, 6.07) is 9.87. The summed E-state index contributed by atoms with van der Waals surface area (Å²) in [6.45, 7) is 0.864. The van der Waals surface area contributed by atoms with E-state index in [0.29, 0.717) is 5.02 Å². The molecule has 154 valence electrons. The molecule has 3 N–H and O–H groups in total. The third kappa shape index (κ3) is 3.51. The van der Waals surface area contributed by atoms with Gasteiger partial charge in [0.25, 0.3) is 0 Å². The number of aromatic nitrogens is 1. The molecule has 0 amide bonds. The molecular weight excluding hydrogens is 437 g/mol. The summed E-state index contributed by atoms with van der Waals surface area (Å²) in [5.74, 6) is -5.87. The number of hydrogen-bond acceptors (Lipinski definition) is 5. The SMILES string of the molecule is CC(=O)OC(C(=O)O)(C(=O)O)c1c(C(=O)c2ccc(Cl)cc2)[nH]c2ccc(Cl)cc12. The van der Waals surface area contributed by atoms with Crippen LogP contribution in [0, 0.1) is 0 Å². The van der Waals surface area contributed by atoms with Crippen LogP contribution >= 0.6 is 23.2 Å². The van der Waals surface area contributed by atoms with Crippen LogP contribution in [0.1, 0.15) is 28.5 Å². The van der Waals surface area contributed by atoms with E-state index in [-0.39, 0.29) is 27.2 Å². The number of benzene rings is 2. The second-order valence-electron chi connectivity index (χ2n) is 6.29. The Morgan fingerprint density at radius 3 is 2.03 bits per heavy atom. The summed E-state index contributed by atoms with van der Waals surface area (Å²) in [6.07, 6.45) is 0. The normalized spacial score (nSPS) is 11.3. The summed E-state index contributed by atoms with van der Waals surface area (Å²) >= 11 is 11.9. The lowest BCUT2D eigenvalue weighted by Gasteiger charge is -2.25. The molecule has 3 aromatic rings. The van der Waals surface area contributed by atoms with Crippen molar-refractivity contribution in [3.8, 4) is 0 Å². The summed E-state index contributed by atoms with van der Waals surface area (Å²) in [7, 11) is 0. The Labute approximate surface area is 179 Å². The number of carboxylic acids is 2. The molecular formula is C20H13Cl2NO7. The fourth-order valence-corrected chi connectivity index (χ4v) is 3.40. The number of rotatable bonds is 6. The number of aliphatic carboxylic acids is 2. The molecule has 0 bridgehead atoms. The zero-order valence-electron chi connectivity index (χ0n) is 15.2. The molecule has 0 spiro atoms. The molecule has 0 fully saturated rings. The van der Waals surface area contributed by atoms with Gasteiger partial charge in [-0.05, 0) is 42.5 Å². The molecule has 0 saturated heterocycles. The van der Waals surface area contributed by atoms with Crippen molar-refractivity contribution in [1.29, 1.82) is 0 Å². The van der Waals surface area contributed by atoms with Gasteiger partial charge in [-0.2, -0.15) is 0 Å².